The van der Waals surface area contributed by atoms with Crippen LogP contribution in [0.2, 0.25) is 0 Å². The fourth-order valence-corrected chi connectivity index (χ4v) is 12.4. The zero-order valence-electron chi connectivity index (χ0n) is 52.5. The zero-order chi connectivity index (χ0) is 64.5. The van der Waals surface area contributed by atoms with Gasteiger partial charge in [-0.25, -0.2) is 21.9 Å². The topological polar surface area (TPSA) is 208 Å². The van der Waals surface area contributed by atoms with Crippen LogP contribution in [0.1, 0.15) is 160 Å². The number of amides is 1. The number of rotatable bonds is 20. The van der Waals surface area contributed by atoms with Gasteiger partial charge in [-0.05, 0) is 142 Å². The number of hydrogen-bond acceptors (Lipinski definition) is 12. The van der Waals surface area contributed by atoms with E-state index in [-0.39, 0.29) is 34.7 Å². The van der Waals surface area contributed by atoms with Gasteiger partial charge in [0.2, 0.25) is 11.7 Å². The smallest absolute Gasteiger partial charge is 0.314 e. The van der Waals surface area contributed by atoms with Crippen LogP contribution in [0.15, 0.2) is 72.8 Å². The Morgan fingerprint density at radius 3 is 1.53 bits per heavy atom. The Labute approximate surface area is 522 Å². The standard InChI is InChI=1S/C28H34F2N2O4.C20H27N3O3.C11H9FN2O2.C9H19NO/c1-18(2)17-32(22-8-12-36-13-9-22)25-7-5-20(28(27(34)35)10-3-11-28)15-24(25)31-26(33)14-19-4-6-21(29)16-23(19)30;1-15(2)14-22(17-7-11-26-12-8-17)18-6-5-16(13-19(18)23(24)25)20(21-3)9-4-10-20;1-13-11(5-2-6-11)8-3-4-9(12)10(7-8)14(15)16;1-8(2)7-10-9-3-5-11-6-4-9/h4-7,15-16,18,22H,3,8-14,17H2,1-2H3,(H,31,33)(H,34,35);5-6,13,15,17H,4,7-12,14H2,1-2H3;3-4,7H,2,5-6H2;8-10H,3-7H2,1-2H3. The first kappa shape index (κ1) is 69.3. The number of halogens is 3. The molecule has 0 spiro atoms. The van der Waals surface area contributed by atoms with Crippen LogP contribution in [0.4, 0.5) is 41.6 Å². The summed E-state index contributed by atoms with van der Waals surface area (Å²) in [5, 5.41) is 38.9. The van der Waals surface area contributed by atoms with E-state index in [1.54, 1.807) is 12.1 Å². The Morgan fingerprint density at radius 2 is 1.09 bits per heavy atom. The molecule has 0 unspecified atom stereocenters. The van der Waals surface area contributed by atoms with Crippen molar-refractivity contribution in [1.29, 1.82) is 0 Å². The van der Waals surface area contributed by atoms with Crippen LogP contribution in [0.3, 0.4) is 0 Å². The summed E-state index contributed by atoms with van der Waals surface area (Å²) >= 11 is 0. The lowest BCUT2D eigenvalue weighted by Crippen LogP contribution is -2.43. The molecule has 89 heavy (non-hydrogen) atoms. The number of nitro benzene ring substituents is 2. The molecule has 3 aliphatic carbocycles. The van der Waals surface area contributed by atoms with E-state index in [4.69, 9.17) is 27.4 Å². The summed E-state index contributed by atoms with van der Waals surface area (Å²) in [5.74, 6) is -2.14. The Kier molecular flexibility index (Phi) is 24.9. The summed E-state index contributed by atoms with van der Waals surface area (Å²) in [6.45, 7) is 35.0. The number of carboxylic acids is 1. The number of nitro groups is 2. The average molecular weight is 1240 g/mol. The van der Waals surface area contributed by atoms with Crippen LogP contribution in [-0.4, -0.2) is 104 Å². The minimum Gasteiger partial charge on any atom is -0.481 e. The number of carboxylic acid groups (broad SMARTS) is 1. The normalized spacial score (nSPS) is 18.5. The number of hydrogen-bond donors (Lipinski definition) is 3. The quantitative estimate of drug-likeness (QED) is 0.0428. The predicted octanol–water partition coefficient (Wildman–Crippen LogP) is 14.3. The van der Waals surface area contributed by atoms with Gasteiger partial charge in [0, 0.05) is 126 Å². The van der Waals surface area contributed by atoms with E-state index in [1.165, 1.54) is 31.0 Å². The molecule has 0 atom stereocenters. The number of carbonyl (C=O) groups is 2. The van der Waals surface area contributed by atoms with Crippen molar-refractivity contribution in [3.05, 3.63) is 156 Å². The maximum absolute atomic E-state index is 14.2. The van der Waals surface area contributed by atoms with E-state index < -0.39 is 56.4 Å². The largest absolute Gasteiger partial charge is 0.481 e. The highest BCUT2D eigenvalue weighted by atomic mass is 19.1. The monoisotopic (exact) mass is 1230 g/mol. The fraction of sp³-hybridized carbons (Fsp3) is 0.588. The molecule has 3 N–H and O–H groups in total. The average Bonchev–Trinajstić information content (AvgIpc) is 1.07. The number of nitrogens with one attached hydrogen (secondary N) is 2. The first-order valence-corrected chi connectivity index (χ1v) is 31.7. The van der Waals surface area contributed by atoms with Crippen molar-refractivity contribution in [1.82, 2.24) is 5.32 Å². The van der Waals surface area contributed by atoms with Gasteiger partial charge < -0.3 is 49.4 Å². The van der Waals surface area contributed by atoms with Crippen molar-refractivity contribution in [2.24, 2.45) is 17.8 Å². The van der Waals surface area contributed by atoms with Gasteiger partial charge in [0.05, 0.1) is 33.1 Å². The van der Waals surface area contributed by atoms with Gasteiger partial charge >= 0.3 is 11.7 Å². The number of ether oxygens (including phenoxy) is 3. The third-order valence-corrected chi connectivity index (χ3v) is 18.0. The van der Waals surface area contributed by atoms with Crippen LogP contribution in [-0.2, 0) is 46.7 Å². The lowest BCUT2D eigenvalue weighted by Gasteiger charge is -2.40. The van der Waals surface area contributed by atoms with Crippen LogP contribution in [0.5, 0.6) is 0 Å². The third kappa shape index (κ3) is 17.8. The molecule has 3 heterocycles. The number of aliphatic carboxylic acids is 1. The second-order valence-corrected chi connectivity index (χ2v) is 25.8. The van der Waals surface area contributed by atoms with Gasteiger partial charge in [-0.2, -0.15) is 4.39 Å². The van der Waals surface area contributed by atoms with E-state index in [9.17, 15) is 48.1 Å². The second-order valence-electron chi connectivity index (χ2n) is 25.8. The van der Waals surface area contributed by atoms with Crippen LogP contribution in [0.25, 0.3) is 9.69 Å². The Balaban J connectivity index is 0.000000185. The van der Waals surface area contributed by atoms with Crippen LogP contribution in [0, 0.1) is 68.6 Å². The van der Waals surface area contributed by atoms with Gasteiger partial charge in [0.15, 0.2) is 0 Å². The molecule has 4 aromatic rings. The molecular formula is C68H89F3N8O10. The number of carbonyl (C=O) groups excluding carboxylic acids is 1. The fourth-order valence-electron chi connectivity index (χ4n) is 12.4. The van der Waals surface area contributed by atoms with Crippen LogP contribution < -0.4 is 20.4 Å². The molecule has 3 saturated carbocycles. The summed E-state index contributed by atoms with van der Waals surface area (Å²) in [7, 11) is 0. The number of nitrogens with zero attached hydrogens (tertiary/aromatic N) is 6. The highest BCUT2D eigenvalue weighted by Gasteiger charge is 2.49. The number of anilines is 3. The Bertz CT molecular complexity index is 3140. The lowest BCUT2D eigenvalue weighted by molar-refractivity contribution is -0.387. The van der Waals surface area contributed by atoms with E-state index in [0.717, 1.165) is 126 Å². The third-order valence-electron chi connectivity index (χ3n) is 18.0. The van der Waals surface area contributed by atoms with Gasteiger partial charge in [0.1, 0.15) is 17.3 Å². The maximum Gasteiger partial charge on any atom is 0.314 e. The van der Waals surface area contributed by atoms with Gasteiger partial charge in [0.25, 0.3) is 16.8 Å². The molecule has 4 aromatic carbocycles. The summed E-state index contributed by atoms with van der Waals surface area (Å²) in [5.41, 5.74) is 1.53. The molecule has 482 valence electrons. The van der Waals surface area contributed by atoms with E-state index >= 15 is 0 Å². The van der Waals surface area contributed by atoms with E-state index in [2.05, 4.69) is 71.7 Å². The molecule has 6 fully saturated rings. The van der Waals surface area contributed by atoms with Crippen molar-refractivity contribution < 1.29 is 51.9 Å². The molecule has 6 aliphatic rings. The molecule has 0 radical (unpaired) electrons. The van der Waals surface area contributed by atoms with E-state index in [0.29, 0.717) is 92.5 Å². The highest BCUT2D eigenvalue weighted by molar-refractivity contribution is 5.96. The summed E-state index contributed by atoms with van der Waals surface area (Å²) < 4.78 is 56.9. The van der Waals surface area contributed by atoms with E-state index in [1.807, 2.05) is 24.3 Å². The zero-order valence-corrected chi connectivity index (χ0v) is 52.5. The first-order valence-electron chi connectivity index (χ1n) is 31.7. The van der Waals surface area contributed by atoms with Crippen LogP contribution >= 0.6 is 0 Å². The van der Waals surface area contributed by atoms with Gasteiger partial charge in [-0.15, -0.1) is 0 Å². The van der Waals surface area contributed by atoms with Crippen molar-refractivity contribution in [3.63, 3.8) is 0 Å². The summed E-state index contributed by atoms with van der Waals surface area (Å²) in [4.78, 5) is 58.4. The molecular weight excluding hydrogens is 1150 g/mol. The molecule has 0 bridgehead atoms. The molecule has 1 amide bonds. The van der Waals surface area contributed by atoms with Crippen molar-refractivity contribution in [2.45, 2.75) is 179 Å². The van der Waals surface area contributed by atoms with Gasteiger partial charge in [-0.3, -0.25) is 29.8 Å². The second kappa shape index (κ2) is 32.0. The molecule has 18 nitrogen and oxygen atoms in total. The summed E-state index contributed by atoms with van der Waals surface area (Å²) in [6, 6.07) is 19.1. The first-order chi connectivity index (χ1) is 42.5. The maximum atomic E-state index is 14.2. The predicted molar refractivity (Wildman–Crippen MR) is 337 cm³/mol. The molecule has 3 saturated heterocycles. The molecule has 10 rings (SSSR count). The lowest BCUT2D eigenvalue weighted by atomic mass is 9.64. The van der Waals surface area contributed by atoms with Crippen molar-refractivity contribution in [3.8, 4) is 0 Å². The minimum absolute atomic E-state index is 0.0936. The van der Waals surface area contributed by atoms with Gasteiger partial charge in [-0.1, -0.05) is 60.1 Å². The van der Waals surface area contributed by atoms with Crippen molar-refractivity contribution >= 4 is 40.3 Å². The number of benzene rings is 4. The SMILES string of the molecule is CC(C)CN(c1ccc(C2(C(=O)O)CCC2)cc1NC(=O)Cc1ccc(F)cc1F)C1CCOCC1.CC(C)CNC1CCOCC1.[C-]#[N+]C1(c2ccc(F)c([N+](=O)[O-])c2)CCC1.[C-]#[N+]C1(c2ccc(N(CC(C)C)C3CCOCC3)c([N+](=O)[O-])c2)CCC1. The summed E-state index contributed by atoms with van der Waals surface area (Å²) in [6.07, 6.45) is 12.4. The van der Waals surface area contributed by atoms with Crippen molar-refractivity contribution in [2.75, 3.05) is 74.4 Å². The molecule has 21 heteroatoms. The highest BCUT2D eigenvalue weighted by Crippen LogP contribution is 2.49. The molecule has 3 aliphatic heterocycles. The molecule has 0 aromatic heterocycles. The Hall–Kier alpha value is -7.17. The minimum atomic E-state index is -0.956. The Morgan fingerprint density at radius 1 is 0.618 bits per heavy atom.